The van der Waals surface area contributed by atoms with Crippen LogP contribution in [0.15, 0.2) is 0 Å². The van der Waals surface area contributed by atoms with E-state index < -0.39 is 23.6 Å². The Bertz CT molecular complexity index is 495. The largest absolute Gasteiger partial charge is 0.459 e. The van der Waals surface area contributed by atoms with Crippen LogP contribution in [0.1, 0.15) is 53.4 Å². The summed E-state index contributed by atoms with van der Waals surface area (Å²) in [5, 5.41) is 9.48. The Kier molecular flexibility index (Phi) is 4.79. The first-order chi connectivity index (χ1) is 10.3. The molecule has 1 saturated heterocycles. The van der Waals surface area contributed by atoms with Crippen molar-refractivity contribution >= 4 is 11.9 Å². The summed E-state index contributed by atoms with van der Waals surface area (Å²) in [5.74, 6) is -0.136. The fourth-order valence-corrected chi connectivity index (χ4v) is 3.72. The van der Waals surface area contributed by atoms with Gasteiger partial charge in [0.2, 0.25) is 0 Å². The lowest BCUT2D eigenvalue weighted by atomic mass is 9.78. The molecule has 5 heteroatoms. The van der Waals surface area contributed by atoms with Crippen LogP contribution in [0, 0.1) is 34.5 Å². The summed E-state index contributed by atoms with van der Waals surface area (Å²) in [6.07, 6.45) is 1.44. The Morgan fingerprint density at radius 1 is 1.50 bits per heavy atom. The Morgan fingerprint density at radius 3 is 2.77 bits per heavy atom. The molecule has 0 aromatic carbocycles. The van der Waals surface area contributed by atoms with Gasteiger partial charge in [-0.2, -0.15) is 5.26 Å². The van der Waals surface area contributed by atoms with Gasteiger partial charge in [0.15, 0.2) is 5.41 Å². The third-order valence-corrected chi connectivity index (χ3v) is 4.87. The summed E-state index contributed by atoms with van der Waals surface area (Å²) in [5.41, 5.74) is -1.04. The third-order valence-electron chi connectivity index (χ3n) is 4.87. The van der Waals surface area contributed by atoms with Crippen LogP contribution in [0.2, 0.25) is 0 Å². The van der Waals surface area contributed by atoms with Crippen LogP contribution in [0.4, 0.5) is 0 Å². The van der Waals surface area contributed by atoms with Crippen LogP contribution in [0.25, 0.3) is 0 Å². The van der Waals surface area contributed by atoms with Crippen LogP contribution < -0.4 is 0 Å². The van der Waals surface area contributed by atoms with Crippen molar-refractivity contribution in [2.75, 3.05) is 0 Å². The second-order valence-corrected chi connectivity index (χ2v) is 7.23. The number of fused-ring (bicyclic) bond motifs is 1. The first kappa shape index (κ1) is 16.8. The minimum atomic E-state index is -1.04. The molecule has 22 heavy (non-hydrogen) atoms. The third kappa shape index (κ3) is 2.97. The molecule has 5 atom stereocenters. The maximum atomic E-state index is 12.2. The van der Waals surface area contributed by atoms with Crippen LogP contribution in [0.3, 0.4) is 0 Å². The minimum Gasteiger partial charge on any atom is -0.459 e. The lowest BCUT2D eigenvalue weighted by molar-refractivity contribution is -0.162. The number of esters is 2. The van der Waals surface area contributed by atoms with E-state index in [1.54, 1.807) is 6.92 Å². The van der Waals surface area contributed by atoms with E-state index in [1.807, 2.05) is 6.92 Å². The van der Waals surface area contributed by atoms with Crippen LogP contribution in [-0.2, 0) is 19.1 Å². The molecule has 5 unspecified atom stereocenters. The standard InChI is InChI=1S/C17H25NO4/c1-10(2)5-6-14(19)21-12(4)15-13-7-11(3)8-17(13,9-18)16(20)22-15/h10-13,15H,5-8H2,1-4H3. The molecule has 0 bridgehead atoms. The van der Waals surface area contributed by atoms with Gasteiger partial charge in [0.1, 0.15) is 12.2 Å². The molecule has 0 aromatic rings. The van der Waals surface area contributed by atoms with Gasteiger partial charge in [-0.25, -0.2) is 0 Å². The molecular formula is C17H25NO4. The highest BCUT2D eigenvalue weighted by Crippen LogP contribution is 2.54. The van der Waals surface area contributed by atoms with Gasteiger partial charge in [0.25, 0.3) is 0 Å². The topological polar surface area (TPSA) is 76.4 Å². The fourth-order valence-electron chi connectivity index (χ4n) is 3.72. The fraction of sp³-hybridized carbons (Fsp3) is 0.824. The zero-order valence-corrected chi connectivity index (χ0v) is 13.8. The molecule has 122 valence electrons. The van der Waals surface area contributed by atoms with E-state index >= 15 is 0 Å². The molecule has 1 saturated carbocycles. The molecule has 0 aromatic heterocycles. The first-order valence-electron chi connectivity index (χ1n) is 8.12. The molecule has 2 rings (SSSR count). The highest BCUT2D eigenvalue weighted by atomic mass is 16.6. The van der Waals surface area contributed by atoms with Crippen molar-refractivity contribution in [2.24, 2.45) is 23.2 Å². The molecule has 1 aliphatic heterocycles. The molecule has 1 heterocycles. The Hall–Kier alpha value is -1.57. The van der Waals surface area contributed by atoms with Gasteiger partial charge >= 0.3 is 11.9 Å². The normalized spacial score (nSPS) is 34.9. The van der Waals surface area contributed by atoms with Crippen molar-refractivity contribution < 1.29 is 19.1 Å². The van der Waals surface area contributed by atoms with Crippen molar-refractivity contribution in [1.82, 2.24) is 0 Å². The maximum Gasteiger partial charge on any atom is 0.327 e. The van der Waals surface area contributed by atoms with Crippen molar-refractivity contribution in [3.8, 4) is 6.07 Å². The van der Waals surface area contributed by atoms with Gasteiger partial charge in [0.05, 0.1) is 6.07 Å². The monoisotopic (exact) mass is 307 g/mol. The average Bonchev–Trinajstić information content (AvgIpc) is 2.91. The Labute approximate surface area is 132 Å². The number of hydrogen-bond acceptors (Lipinski definition) is 5. The van der Waals surface area contributed by atoms with Crippen molar-refractivity contribution in [2.45, 2.75) is 65.6 Å². The highest BCUT2D eigenvalue weighted by Gasteiger charge is 2.63. The predicted octanol–water partition coefficient (Wildman–Crippen LogP) is 2.84. The van der Waals surface area contributed by atoms with Gasteiger partial charge in [-0.1, -0.05) is 20.8 Å². The van der Waals surface area contributed by atoms with Crippen LogP contribution in [-0.4, -0.2) is 24.1 Å². The van der Waals surface area contributed by atoms with E-state index in [1.165, 1.54) is 0 Å². The summed E-state index contributed by atoms with van der Waals surface area (Å²) >= 11 is 0. The van der Waals surface area contributed by atoms with E-state index in [0.29, 0.717) is 24.7 Å². The number of carbonyl (C=O) groups is 2. The summed E-state index contributed by atoms with van der Waals surface area (Å²) in [6.45, 7) is 7.90. The van der Waals surface area contributed by atoms with Crippen LogP contribution >= 0.6 is 0 Å². The summed E-state index contributed by atoms with van der Waals surface area (Å²) in [7, 11) is 0. The molecular weight excluding hydrogens is 282 g/mol. The van der Waals surface area contributed by atoms with Gasteiger partial charge in [-0.15, -0.1) is 0 Å². The number of ether oxygens (including phenoxy) is 2. The number of rotatable bonds is 5. The van der Waals surface area contributed by atoms with E-state index in [4.69, 9.17) is 9.47 Å². The van der Waals surface area contributed by atoms with E-state index in [0.717, 1.165) is 12.8 Å². The Balaban J connectivity index is 2.02. The van der Waals surface area contributed by atoms with Crippen LogP contribution in [0.5, 0.6) is 0 Å². The predicted molar refractivity (Wildman–Crippen MR) is 79.4 cm³/mol. The summed E-state index contributed by atoms with van der Waals surface area (Å²) in [6, 6.07) is 2.18. The number of nitriles is 1. The van der Waals surface area contributed by atoms with Gasteiger partial charge in [-0.3, -0.25) is 9.59 Å². The molecule has 0 amide bonds. The molecule has 0 spiro atoms. The lowest BCUT2D eigenvalue weighted by Crippen LogP contribution is -2.35. The minimum absolute atomic E-state index is 0.173. The van der Waals surface area contributed by atoms with E-state index in [2.05, 4.69) is 19.9 Å². The van der Waals surface area contributed by atoms with E-state index in [-0.39, 0.29) is 11.9 Å². The summed E-state index contributed by atoms with van der Waals surface area (Å²) in [4.78, 5) is 24.1. The Morgan fingerprint density at radius 2 is 2.18 bits per heavy atom. The van der Waals surface area contributed by atoms with Gasteiger partial charge in [-0.05, 0) is 38.0 Å². The smallest absolute Gasteiger partial charge is 0.327 e. The van der Waals surface area contributed by atoms with Gasteiger partial charge in [0, 0.05) is 12.3 Å². The first-order valence-corrected chi connectivity index (χ1v) is 8.12. The lowest BCUT2D eigenvalue weighted by Gasteiger charge is -2.24. The molecule has 5 nitrogen and oxygen atoms in total. The van der Waals surface area contributed by atoms with Crippen molar-refractivity contribution in [3.63, 3.8) is 0 Å². The summed E-state index contributed by atoms with van der Waals surface area (Å²) < 4.78 is 10.9. The quantitative estimate of drug-likeness (QED) is 0.730. The van der Waals surface area contributed by atoms with Gasteiger partial charge < -0.3 is 9.47 Å². The zero-order valence-electron chi connectivity index (χ0n) is 13.8. The second kappa shape index (κ2) is 6.28. The zero-order chi connectivity index (χ0) is 16.5. The number of carbonyl (C=O) groups excluding carboxylic acids is 2. The number of nitrogens with zero attached hydrogens (tertiary/aromatic N) is 1. The maximum absolute atomic E-state index is 12.2. The average molecular weight is 307 g/mol. The SMILES string of the molecule is CC(C)CCC(=O)OC(C)C1OC(=O)C2(C#N)CC(C)CC12. The number of hydrogen-bond donors (Lipinski definition) is 0. The number of cyclic esters (lactones) is 1. The molecule has 1 aliphatic carbocycles. The molecule has 2 aliphatic rings. The highest BCUT2D eigenvalue weighted by molar-refractivity contribution is 5.83. The molecule has 0 radical (unpaired) electrons. The van der Waals surface area contributed by atoms with Crippen molar-refractivity contribution in [3.05, 3.63) is 0 Å². The van der Waals surface area contributed by atoms with Crippen molar-refractivity contribution in [1.29, 1.82) is 5.26 Å². The molecule has 0 N–H and O–H groups in total. The molecule has 2 fully saturated rings. The second-order valence-electron chi connectivity index (χ2n) is 7.23. The van der Waals surface area contributed by atoms with E-state index in [9.17, 15) is 14.9 Å².